The monoisotopic (exact) mass is 264 g/mol. The van der Waals surface area contributed by atoms with Crippen molar-refractivity contribution in [2.45, 2.75) is 44.4 Å². The highest BCUT2D eigenvalue weighted by Gasteiger charge is 2.30. The van der Waals surface area contributed by atoms with Gasteiger partial charge >= 0.3 is 0 Å². The molecule has 1 unspecified atom stereocenters. The van der Waals surface area contributed by atoms with Crippen molar-refractivity contribution in [1.29, 1.82) is 0 Å². The first kappa shape index (κ1) is 14.0. The van der Waals surface area contributed by atoms with Crippen LogP contribution in [-0.4, -0.2) is 24.2 Å². The first-order chi connectivity index (χ1) is 9.13. The van der Waals surface area contributed by atoms with Crippen molar-refractivity contribution in [3.05, 3.63) is 39.9 Å². The summed E-state index contributed by atoms with van der Waals surface area (Å²) in [5, 5.41) is 14.4. The predicted octanol–water partition coefficient (Wildman–Crippen LogP) is 2.81. The lowest BCUT2D eigenvalue weighted by molar-refractivity contribution is -0.384. The summed E-state index contributed by atoms with van der Waals surface area (Å²) >= 11 is 0. The third-order valence-electron chi connectivity index (χ3n) is 3.76. The minimum atomic E-state index is -0.347. The Hall–Kier alpha value is -1.46. The Balaban J connectivity index is 2.01. The van der Waals surface area contributed by atoms with Gasteiger partial charge in [0.1, 0.15) is 0 Å². The molecule has 1 atom stereocenters. The largest absolute Gasteiger partial charge is 0.381 e. The summed E-state index contributed by atoms with van der Waals surface area (Å²) < 4.78 is 5.26. The molecule has 1 N–H and O–H groups in total. The zero-order chi connectivity index (χ0) is 13.8. The van der Waals surface area contributed by atoms with Gasteiger partial charge in [-0.2, -0.15) is 0 Å². The molecular formula is C14H20N2O3. The molecule has 1 aromatic rings. The van der Waals surface area contributed by atoms with Crippen molar-refractivity contribution < 1.29 is 9.66 Å². The van der Waals surface area contributed by atoms with Crippen LogP contribution in [0.25, 0.3) is 0 Å². The van der Waals surface area contributed by atoms with Crippen molar-refractivity contribution in [3.63, 3.8) is 0 Å². The van der Waals surface area contributed by atoms with E-state index in [1.54, 1.807) is 19.2 Å². The summed E-state index contributed by atoms with van der Waals surface area (Å²) in [7, 11) is 1.73. The lowest BCUT2D eigenvalue weighted by atomic mass is 9.87. The van der Waals surface area contributed by atoms with E-state index in [4.69, 9.17) is 4.74 Å². The van der Waals surface area contributed by atoms with Crippen molar-refractivity contribution in [2.75, 3.05) is 7.11 Å². The van der Waals surface area contributed by atoms with Gasteiger partial charge in [0, 0.05) is 31.3 Å². The fourth-order valence-corrected chi connectivity index (χ4v) is 2.48. The van der Waals surface area contributed by atoms with Gasteiger partial charge in [0.2, 0.25) is 0 Å². The van der Waals surface area contributed by atoms with Gasteiger partial charge in [0.05, 0.1) is 11.0 Å². The van der Waals surface area contributed by atoms with Gasteiger partial charge in [-0.25, -0.2) is 0 Å². The van der Waals surface area contributed by atoms with E-state index in [1.807, 2.05) is 6.07 Å². The zero-order valence-electron chi connectivity index (χ0n) is 11.3. The first-order valence-corrected chi connectivity index (χ1v) is 6.67. The van der Waals surface area contributed by atoms with Crippen LogP contribution in [0.1, 0.15) is 37.8 Å². The van der Waals surface area contributed by atoms with Crippen molar-refractivity contribution >= 4 is 5.69 Å². The normalized spacial score (nSPS) is 23.7. The third kappa shape index (κ3) is 3.30. The second-order valence-corrected chi connectivity index (χ2v) is 5.01. The van der Waals surface area contributed by atoms with Crippen LogP contribution in [0.5, 0.6) is 0 Å². The van der Waals surface area contributed by atoms with E-state index in [9.17, 15) is 10.1 Å². The van der Waals surface area contributed by atoms with Crippen LogP contribution in [0.3, 0.4) is 0 Å². The molecule has 5 nitrogen and oxygen atoms in total. The maximum absolute atomic E-state index is 10.8. The van der Waals surface area contributed by atoms with E-state index in [2.05, 4.69) is 12.2 Å². The Morgan fingerprint density at radius 1 is 1.53 bits per heavy atom. The molecule has 1 saturated carbocycles. The van der Waals surface area contributed by atoms with Gasteiger partial charge in [0.25, 0.3) is 5.69 Å². The summed E-state index contributed by atoms with van der Waals surface area (Å²) in [5.41, 5.74) is 1.14. The minimum Gasteiger partial charge on any atom is -0.381 e. The zero-order valence-corrected chi connectivity index (χ0v) is 11.3. The molecule has 0 bridgehead atoms. The number of non-ortho nitro benzene ring substituents is 1. The molecule has 0 heterocycles. The third-order valence-corrected chi connectivity index (χ3v) is 3.76. The molecule has 0 aliphatic heterocycles. The van der Waals surface area contributed by atoms with E-state index in [-0.39, 0.29) is 16.7 Å². The fourth-order valence-electron chi connectivity index (χ4n) is 2.48. The molecule has 0 spiro atoms. The molecule has 0 saturated heterocycles. The van der Waals surface area contributed by atoms with Crippen molar-refractivity contribution in [2.24, 2.45) is 0 Å². The highest BCUT2D eigenvalue weighted by molar-refractivity contribution is 5.35. The van der Waals surface area contributed by atoms with Crippen LogP contribution >= 0.6 is 0 Å². The summed E-state index contributed by atoms with van der Waals surface area (Å²) in [4.78, 5) is 10.5. The number of nitro groups is 1. The van der Waals surface area contributed by atoms with Crippen LogP contribution in [0.2, 0.25) is 0 Å². The maximum Gasteiger partial charge on any atom is 0.269 e. The molecule has 2 rings (SSSR count). The van der Waals surface area contributed by atoms with E-state index in [0.29, 0.717) is 12.1 Å². The van der Waals surface area contributed by atoms with Crippen LogP contribution in [0, 0.1) is 10.1 Å². The van der Waals surface area contributed by atoms with E-state index in [1.165, 1.54) is 6.07 Å². The van der Waals surface area contributed by atoms with Gasteiger partial charge < -0.3 is 10.1 Å². The second kappa shape index (κ2) is 6.12. The topological polar surface area (TPSA) is 64.4 Å². The SMILES string of the molecule is CCC(NC1CC(OC)C1)c1cccc([N+](=O)[O-])c1. The number of ether oxygens (including phenoxy) is 1. The summed E-state index contributed by atoms with van der Waals surface area (Å²) in [6.07, 6.45) is 3.30. The average Bonchev–Trinajstić information content (AvgIpc) is 2.38. The first-order valence-electron chi connectivity index (χ1n) is 6.67. The molecule has 0 amide bonds. The summed E-state index contributed by atoms with van der Waals surface area (Å²) in [6.45, 7) is 2.09. The average molecular weight is 264 g/mol. The number of rotatable bonds is 6. The maximum atomic E-state index is 10.8. The fraction of sp³-hybridized carbons (Fsp3) is 0.571. The van der Waals surface area contributed by atoms with Gasteiger partial charge in [-0.05, 0) is 24.8 Å². The lowest BCUT2D eigenvalue weighted by Gasteiger charge is -2.37. The summed E-state index contributed by atoms with van der Waals surface area (Å²) in [6, 6.07) is 7.50. The highest BCUT2D eigenvalue weighted by atomic mass is 16.6. The molecule has 104 valence electrons. The molecule has 1 fully saturated rings. The quantitative estimate of drug-likeness (QED) is 0.634. The molecule has 1 aliphatic rings. The van der Waals surface area contributed by atoms with E-state index >= 15 is 0 Å². The van der Waals surface area contributed by atoms with Crippen LogP contribution < -0.4 is 5.32 Å². The lowest BCUT2D eigenvalue weighted by Crippen LogP contribution is -2.46. The highest BCUT2D eigenvalue weighted by Crippen LogP contribution is 2.28. The van der Waals surface area contributed by atoms with Crippen LogP contribution in [0.4, 0.5) is 5.69 Å². The number of nitrogens with one attached hydrogen (secondary N) is 1. The van der Waals surface area contributed by atoms with Gasteiger partial charge in [-0.15, -0.1) is 0 Å². The smallest absolute Gasteiger partial charge is 0.269 e. The number of hydrogen-bond donors (Lipinski definition) is 1. The Morgan fingerprint density at radius 3 is 2.84 bits per heavy atom. The van der Waals surface area contributed by atoms with Gasteiger partial charge in [-0.1, -0.05) is 19.1 Å². The number of methoxy groups -OCH3 is 1. The molecular weight excluding hydrogens is 244 g/mol. The molecule has 0 aromatic heterocycles. The molecule has 1 aromatic carbocycles. The molecule has 19 heavy (non-hydrogen) atoms. The molecule has 5 heteroatoms. The van der Waals surface area contributed by atoms with Crippen LogP contribution in [0.15, 0.2) is 24.3 Å². The Labute approximate surface area is 113 Å². The number of hydrogen-bond acceptors (Lipinski definition) is 4. The van der Waals surface area contributed by atoms with Crippen molar-refractivity contribution in [1.82, 2.24) is 5.32 Å². The van der Waals surface area contributed by atoms with Crippen molar-refractivity contribution in [3.8, 4) is 0 Å². The number of nitro benzene ring substituents is 1. The minimum absolute atomic E-state index is 0.154. The molecule has 0 radical (unpaired) electrons. The van der Waals surface area contributed by atoms with Gasteiger partial charge in [0.15, 0.2) is 0 Å². The molecule has 1 aliphatic carbocycles. The number of benzene rings is 1. The van der Waals surface area contributed by atoms with E-state index in [0.717, 1.165) is 24.8 Å². The van der Waals surface area contributed by atoms with Crippen LogP contribution in [-0.2, 0) is 4.74 Å². The second-order valence-electron chi connectivity index (χ2n) is 5.01. The Morgan fingerprint density at radius 2 is 2.26 bits per heavy atom. The standard InChI is InChI=1S/C14H20N2O3/c1-3-14(15-11-8-13(9-11)19-2)10-5-4-6-12(7-10)16(17)18/h4-7,11,13-15H,3,8-9H2,1-2H3. The predicted molar refractivity (Wildman–Crippen MR) is 73.1 cm³/mol. The van der Waals surface area contributed by atoms with E-state index < -0.39 is 0 Å². The Kier molecular flexibility index (Phi) is 4.50. The number of nitrogens with zero attached hydrogens (tertiary/aromatic N) is 1. The Bertz CT molecular complexity index is 444. The van der Waals surface area contributed by atoms with Gasteiger partial charge in [-0.3, -0.25) is 10.1 Å². The summed E-state index contributed by atoms with van der Waals surface area (Å²) in [5.74, 6) is 0.